The second-order valence-corrected chi connectivity index (χ2v) is 4.95. The summed E-state index contributed by atoms with van der Waals surface area (Å²) >= 11 is 0. The van der Waals surface area contributed by atoms with Crippen molar-refractivity contribution in [1.29, 1.82) is 0 Å². The van der Waals surface area contributed by atoms with Crippen LogP contribution in [-0.4, -0.2) is 40.0 Å². The maximum atomic E-state index is 13.2. The zero-order valence-corrected chi connectivity index (χ0v) is 11.6. The van der Waals surface area contributed by atoms with Gasteiger partial charge in [0.2, 0.25) is 5.88 Å². The van der Waals surface area contributed by atoms with Crippen molar-refractivity contribution in [3.05, 3.63) is 54.0 Å². The average molecular weight is 305 g/mol. The summed E-state index contributed by atoms with van der Waals surface area (Å²) in [5.74, 6) is -1.95. The van der Waals surface area contributed by atoms with Gasteiger partial charge >= 0.3 is 0 Å². The van der Waals surface area contributed by atoms with Crippen LogP contribution >= 0.6 is 0 Å². The lowest BCUT2D eigenvalue weighted by molar-refractivity contribution is 0.0770. The molecular weight excluding hydrogens is 292 g/mol. The normalized spacial score (nSPS) is 17.5. The molecule has 1 aliphatic rings. The Morgan fingerprint density at radius 3 is 2.86 bits per heavy atom. The average Bonchev–Trinajstić information content (AvgIpc) is 2.99. The Morgan fingerprint density at radius 1 is 1.27 bits per heavy atom. The molecule has 1 aliphatic heterocycles. The van der Waals surface area contributed by atoms with Crippen molar-refractivity contribution in [2.75, 3.05) is 13.1 Å². The summed E-state index contributed by atoms with van der Waals surface area (Å²) in [5.41, 5.74) is 0.124. The highest BCUT2D eigenvalue weighted by atomic mass is 19.2. The van der Waals surface area contributed by atoms with E-state index >= 15 is 0 Å². The number of carbonyl (C=O) groups is 1. The molecule has 0 saturated carbocycles. The fourth-order valence-corrected chi connectivity index (χ4v) is 2.34. The predicted molar refractivity (Wildman–Crippen MR) is 73.3 cm³/mol. The number of halogens is 2. The highest BCUT2D eigenvalue weighted by Gasteiger charge is 2.29. The quantitative estimate of drug-likeness (QED) is 0.871. The third-order valence-corrected chi connectivity index (χ3v) is 3.43. The summed E-state index contributed by atoms with van der Waals surface area (Å²) < 4.78 is 31.7. The van der Waals surface area contributed by atoms with E-state index in [1.165, 1.54) is 18.5 Å². The number of likely N-dealkylation sites (tertiary alicyclic amines) is 1. The van der Waals surface area contributed by atoms with E-state index in [1.807, 2.05) is 0 Å². The van der Waals surface area contributed by atoms with Crippen molar-refractivity contribution in [1.82, 2.24) is 14.9 Å². The Bertz CT molecular complexity index is 682. The van der Waals surface area contributed by atoms with Crippen LogP contribution in [0, 0.1) is 11.6 Å². The number of ether oxygens (including phenoxy) is 1. The highest BCUT2D eigenvalue weighted by Crippen LogP contribution is 2.19. The molecule has 0 spiro atoms. The zero-order chi connectivity index (χ0) is 15.5. The first-order chi connectivity index (χ1) is 10.6. The van der Waals surface area contributed by atoms with E-state index in [2.05, 4.69) is 9.97 Å². The Kier molecular flexibility index (Phi) is 3.95. The van der Waals surface area contributed by atoms with Gasteiger partial charge in [-0.05, 0) is 18.2 Å². The molecule has 0 N–H and O–H groups in total. The Balaban J connectivity index is 1.64. The molecule has 5 nitrogen and oxygen atoms in total. The predicted octanol–water partition coefficient (Wildman–Crippen LogP) is 2.05. The maximum Gasteiger partial charge on any atom is 0.254 e. The largest absolute Gasteiger partial charge is 0.471 e. The topological polar surface area (TPSA) is 55.3 Å². The molecule has 22 heavy (non-hydrogen) atoms. The lowest BCUT2D eigenvalue weighted by atomic mass is 10.2. The van der Waals surface area contributed by atoms with Crippen LogP contribution in [0.1, 0.15) is 16.8 Å². The van der Waals surface area contributed by atoms with E-state index in [1.54, 1.807) is 11.1 Å². The Hall–Kier alpha value is -2.57. The second-order valence-electron chi connectivity index (χ2n) is 4.95. The van der Waals surface area contributed by atoms with Gasteiger partial charge in [-0.3, -0.25) is 9.78 Å². The zero-order valence-electron chi connectivity index (χ0n) is 11.6. The molecular formula is C15H13F2N3O2. The molecule has 114 valence electrons. The van der Waals surface area contributed by atoms with Gasteiger partial charge < -0.3 is 9.64 Å². The van der Waals surface area contributed by atoms with Crippen LogP contribution in [0.4, 0.5) is 8.78 Å². The van der Waals surface area contributed by atoms with Gasteiger partial charge in [-0.25, -0.2) is 13.8 Å². The molecule has 1 saturated heterocycles. The lowest BCUT2D eigenvalue weighted by Crippen LogP contribution is -2.31. The SMILES string of the molecule is O=C(c1ccc(F)c(F)c1)N1CCC(Oc2cnccn2)C1. The summed E-state index contributed by atoms with van der Waals surface area (Å²) in [6.07, 6.45) is 5.02. The van der Waals surface area contributed by atoms with E-state index < -0.39 is 11.6 Å². The van der Waals surface area contributed by atoms with Gasteiger partial charge in [-0.1, -0.05) is 0 Å². The lowest BCUT2D eigenvalue weighted by Gasteiger charge is -2.17. The van der Waals surface area contributed by atoms with Crippen LogP contribution in [0.25, 0.3) is 0 Å². The van der Waals surface area contributed by atoms with Crippen LogP contribution in [0.5, 0.6) is 5.88 Å². The van der Waals surface area contributed by atoms with Crippen LogP contribution in [0.3, 0.4) is 0 Å². The van der Waals surface area contributed by atoms with Gasteiger partial charge in [-0.2, -0.15) is 0 Å². The van der Waals surface area contributed by atoms with Crippen LogP contribution < -0.4 is 4.74 Å². The van der Waals surface area contributed by atoms with Gasteiger partial charge in [-0.15, -0.1) is 0 Å². The Morgan fingerprint density at radius 2 is 2.14 bits per heavy atom. The van der Waals surface area contributed by atoms with Crippen LogP contribution in [0.15, 0.2) is 36.8 Å². The van der Waals surface area contributed by atoms with E-state index in [-0.39, 0.29) is 17.6 Å². The van der Waals surface area contributed by atoms with Crippen molar-refractivity contribution in [2.24, 2.45) is 0 Å². The van der Waals surface area contributed by atoms with Crippen molar-refractivity contribution < 1.29 is 18.3 Å². The number of hydrogen-bond acceptors (Lipinski definition) is 4. The minimum absolute atomic E-state index is 0.124. The molecule has 7 heteroatoms. The monoisotopic (exact) mass is 305 g/mol. The summed E-state index contributed by atoms with van der Waals surface area (Å²) in [7, 11) is 0. The van der Waals surface area contributed by atoms with Crippen LogP contribution in [-0.2, 0) is 0 Å². The third kappa shape index (κ3) is 3.03. The van der Waals surface area contributed by atoms with Gasteiger partial charge in [0.1, 0.15) is 6.10 Å². The number of benzene rings is 1. The summed E-state index contributed by atoms with van der Waals surface area (Å²) in [6.45, 7) is 0.858. The van der Waals surface area contributed by atoms with Crippen LogP contribution in [0.2, 0.25) is 0 Å². The van der Waals surface area contributed by atoms with Crippen molar-refractivity contribution in [3.8, 4) is 5.88 Å². The molecule has 3 rings (SSSR count). The number of hydrogen-bond donors (Lipinski definition) is 0. The number of aromatic nitrogens is 2. The standard InChI is InChI=1S/C15H13F2N3O2/c16-12-2-1-10(7-13(12)17)15(21)20-6-3-11(9-20)22-14-8-18-4-5-19-14/h1-2,4-5,7-8,11H,3,6,9H2. The number of nitrogens with zero attached hydrogens (tertiary/aromatic N) is 3. The first-order valence-electron chi connectivity index (χ1n) is 6.80. The first kappa shape index (κ1) is 14.4. The summed E-state index contributed by atoms with van der Waals surface area (Å²) in [5, 5.41) is 0. The molecule has 2 aromatic rings. The smallest absolute Gasteiger partial charge is 0.254 e. The summed E-state index contributed by atoms with van der Waals surface area (Å²) in [6, 6.07) is 3.14. The minimum atomic E-state index is -1.03. The number of rotatable bonds is 3. The number of carbonyl (C=O) groups excluding carboxylic acids is 1. The number of amides is 1. The molecule has 0 aliphatic carbocycles. The molecule has 1 aromatic carbocycles. The first-order valence-corrected chi connectivity index (χ1v) is 6.80. The van der Waals surface area contributed by atoms with Gasteiger partial charge in [0, 0.05) is 30.9 Å². The van der Waals surface area contributed by atoms with Gasteiger partial charge in [0.25, 0.3) is 5.91 Å². The molecule has 0 bridgehead atoms. The molecule has 1 unspecified atom stereocenters. The molecule has 1 fully saturated rings. The molecule has 1 atom stereocenters. The van der Waals surface area contributed by atoms with Crippen molar-refractivity contribution >= 4 is 5.91 Å². The fraction of sp³-hybridized carbons (Fsp3) is 0.267. The van der Waals surface area contributed by atoms with E-state index in [4.69, 9.17) is 4.74 Å². The van der Waals surface area contributed by atoms with E-state index in [0.29, 0.717) is 25.4 Å². The van der Waals surface area contributed by atoms with Crippen molar-refractivity contribution in [2.45, 2.75) is 12.5 Å². The van der Waals surface area contributed by atoms with Gasteiger partial charge in [0.15, 0.2) is 11.6 Å². The Labute approximate surface area is 125 Å². The fourth-order valence-electron chi connectivity index (χ4n) is 2.34. The molecule has 0 radical (unpaired) electrons. The molecule has 1 amide bonds. The summed E-state index contributed by atoms with van der Waals surface area (Å²) in [4.78, 5) is 21.7. The van der Waals surface area contributed by atoms with E-state index in [9.17, 15) is 13.6 Å². The maximum absolute atomic E-state index is 13.2. The highest BCUT2D eigenvalue weighted by molar-refractivity contribution is 5.94. The third-order valence-electron chi connectivity index (χ3n) is 3.43. The molecule has 1 aromatic heterocycles. The van der Waals surface area contributed by atoms with E-state index in [0.717, 1.165) is 12.1 Å². The molecule has 2 heterocycles. The second kappa shape index (κ2) is 6.05. The minimum Gasteiger partial charge on any atom is -0.471 e. The van der Waals surface area contributed by atoms with Gasteiger partial charge in [0.05, 0.1) is 12.7 Å². The van der Waals surface area contributed by atoms with Crippen molar-refractivity contribution in [3.63, 3.8) is 0 Å².